The number of hydrogen-bond donors (Lipinski definition) is 0. The average Bonchev–Trinajstić information content (AvgIpc) is 2.96. The van der Waals surface area contributed by atoms with Gasteiger partial charge < -0.3 is 0 Å². The third-order valence-corrected chi connectivity index (χ3v) is 7.22. The van der Waals surface area contributed by atoms with Crippen molar-refractivity contribution in [3.05, 3.63) is 30.3 Å². The minimum atomic E-state index is -1.40. The van der Waals surface area contributed by atoms with E-state index >= 15 is 0 Å². The molecule has 3 saturated heterocycles. The summed E-state index contributed by atoms with van der Waals surface area (Å²) in [5, 5.41) is 0. The molecule has 4 atom stereocenters. The molecule has 0 spiro atoms. The van der Waals surface area contributed by atoms with Crippen LogP contribution in [0, 0.1) is 0 Å². The number of carbonyl (C=O) groups excluding carboxylic acids is 1. The van der Waals surface area contributed by atoms with Crippen LogP contribution >= 0.6 is 0 Å². The molecule has 0 radical (unpaired) electrons. The molecule has 6 nitrogen and oxygen atoms in total. The van der Waals surface area contributed by atoms with Crippen molar-refractivity contribution in [3.63, 3.8) is 0 Å². The molecule has 4 rings (SSSR count). The molecule has 0 amide bonds. The molecule has 0 aromatic heterocycles. The van der Waals surface area contributed by atoms with Crippen molar-refractivity contribution in [2.75, 3.05) is 6.61 Å². The van der Waals surface area contributed by atoms with Gasteiger partial charge in [0.15, 0.2) is 0 Å². The number of ether oxygens (including phenoxy) is 5. The Morgan fingerprint density at radius 2 is 1.76 bits per heavy atom. The van der Waals surface area contributed by atoms with Gasteiger partial charge in [-0.15, -0.1) is 0 Å². The molecular formula is C18H22O6Te. The topological polar surface area (TPSA) is 63.2 Å². The first kappa shape index (κ1) is 17.9. The Balaban J connectivity index is 1.64. The molecule has 136 valence electrons. The first-order valence-corrected chi connectivity index (χ1v) is 10.7. The molecule has 0 saturated carbocycles. The van der Waals surface area contributed by atoms with Crippen LogP contribution in [0.4, 0.5) is 0 Å². The number of carbonyl (C=O) groups is 1. The molecular weight excluding hydrogens is 440 g/mol. The second kappa shape index (κ2) is 6.00. The summed E-state index contributed by atoms with van der Waals surface area (Å²) in [6.45, 7) is 7.65. The first-order chi connectivity index (χ1) is 11.7. The van der Waals surface area contributed by atoms with Gasteiger partial charge in [0.2, 0.25) is 0 Å². The van der Waals surface area contributed by atoms with Crippen LogP contribution in [0.2, 0.25) is 0 Å². The van der Waals surface area contributed by atoms with Crippen LogP contribution in [-0.4, -0.2) is 67.0 Å². The molecule has 0 bridgehead atoms. The molecule has 1 aromatic carbocycles. The van der Waals surface area contributed by atoms with Crippen molar-refractivity contribution in [1.29, 1.82) is 0 Å². The summed E-state index contributed by atoms with van der Waals surface area (Å²) in [6.07, 6.45) is -1.35. The molecule has 3 heterocycles. The minimum absolute atomic E-state index is 0.0320. The van der Waals surface area contributed by atoms with Gasteiger partial charge in [0.1, 0.15) is 0 Å². The van der Waals surface area contributed by atoms with Crippen LogP contribution in [0.3, 0.4) is 0 Å². The van der Waals surface area contributed by atoms with Gasteiger partial charge >= 0.3 is 157 Å². The standard InChI is InChI=1S/C18H22O6Te/c1-16(2)20-10-12-13(22-16)14-18(21-12,24-17(3,4)23-14)15(19)25-11-8-6-5-7-9-11/h5-9,12-14H,10H2,1-4H3/t12-,13+,14-,18+/m0/s1. The van der Waals surface area contributed by atoms with Gasteiger partial charge in [-0.2, -0.15) is 0 Å². The van der Waals surface area contributed by atoms with E-state index in [1.807, 2.05) is 44.2 Å². The average molecular weight is 462 g/mol. The maximum absolute atomic E-state index is 13.2. The van der Waals surface area contributed by atoms with Crippen LogP contribution in [0.1, 0.15) is 27.7 Å². The van der Waals surface area contributed by atoms with E-state index in [9.17, 15) is 4.79 Å². The molecule has 3 fully saturated rings. The van der Waals surface area contributed by atoms with Gasteiger partial charge in [0, 0.05) is 0 Å². The Morgan fingerprint density at radius 3 is 2.48 bits per heavy atom. The van der Waals surface area contributed by atoms with Crippen molar-refractivity contribution in [2.45, 2.75) is 63.4 Å². The first-order valence-electron chi connectivity index (χ1n) is 8.36. The SMILES string of the molecule is CC1(C)OC[C@@H]2O[C@@]3(C(=O)[Te]c4ccccc4)OC(C)(C)O[C@H]3[C@@H]2O1. The van der Waals surface area contributed by atoms with Crippen LogP contribution in [0.5, 0.6) is 0 Å². The second-order valence-electron chi connectivity index (χ2n) is 7.36. The summed E-state index contributed by atoms with van der Waals surface area (Å²) in [5.41, 5.74) is 0. The summed E-state index contributed by atoms with van der Waals surface area (Å²) in [7, 11) is 0. The molecule has 0 aliphatic carbocycles. The van der Waals surface area contributed by atoms with Crippen LogP contribution < -0.4 is 3.61 Å². The Labute approximate surface area is 157 Å². The third kappa shape index (κ3) is 3.17. The van der Waals surface area contributed by atoms with Gasteiger partial charge in [0.05, 0.1) is 0 Å². The Morgan fingerprint density at radius 1 is 1.04 bits per heavy atom. The molecule has 0 N–H and O–H groups in total. The summed E-state index contributed by atoms with van der Waals surface area (Å²) < 4.78 is 31.0. The van der Waals surface area contributed by atoms with Gasteiger partial charge in [0.25, 0.3) is 0 Å². The van der Waals surface area contributed by atoms with Crippen molar-refractivity contribution in [1.82, 2.24) is 0 Å². The summed E-state index contributed by atoms with van der Waals surface area (Å²) >= 11 is -1.16. The van der Waals surface area contributed by atoms with E-state index in [1.165, 1.54) is 0 Å². The molecule has 3 aliphatic heterocycles. The van der Waals surface area contributed by atoms with E-state index in [2.05, 4.69) is 0 Å². The molecule has 3 aliphatic rings. The summed E-state index contributed by atoms with van der Waals surface area (Å²) in [4.78, 5) is 13.2. The quantitative estimate of drug-likeness (QED) is 0.624. The van der Waals surface area contributed by atoms with Crippen LogP contribution in [0.25, 0.3) is 0 Å². The normalized spacial score (nSPS) is 38.2. The number of fused-ring (bicyclic) bond motifs is 3. The van der Waals surface area contributed by atoms with Crippen molar-refractivity contribution in [2.24, 2.45) is 0 Å². The van der Waals surface area contributed by atoms with E-state index in [4.69, 9.17) is 23.7 Å². The summed E-state index contributed by atoms with van der Waals surface area (Å²) in [5.74, 6) is -3.04. The fraction of sp³-hybridized carbons (Fsp3) is 0.611. The molecule has 7 heteroatoms. The zero-order valence-corrected chi connectivity index (χ0v) is 17.0. The van der Waals surface area contributed by atoms with E-state index in [0.29, 0.717) is 6.61 Å². The number of rotatable bonds is 3. The van der Waals surface area contributed by atoms with Crippen molar-refractivity contribution >= 4 is 28.4 Å². The molecule has 0 unspecified atom stereocenters. The van der Waals surface area contributed by atoms with Crippen molar-refractivity contribution < 1.29 is 28.5 Å². The molecule has 25 heavy (non-hydrogen) atoms. The Bertz CT molecular complexity index is 675. The predicted octanol–water partition coefficient (Wildman–Crippen LogP) is 0.941. The maximum atomic E-state index is 13.2. The molecule has 1 aromatic rings. The monoisotopic (exact) mass is 464 g/mol. The van der Waals surface area contributed by atoms with Crippen molar-refractivity contribution in [3.8, 4) is 0 Å². The second-order valence-corrected chi connectivity index (χ2v) is 10.3. The van der Waals surface area contributed by atoms with Crippen LogP contribution in [0.15, 0.2) is 30.3 Å². The number of benzene rings is 1. The van der Waals surface area contributed by atoms with Crippen LogP contribution in [-0.2, 0) is 28.5 Å². The van der Waals surface area contributed by atoms with E-state index in [0.717, 1.165) is 3.61 Å². The van der Waals surface area contributed by atoms with E-state index in [1.54, 1.807) is 13.8 Å². The Kier molecular flexibility index (Phi) is 4.29. The zero-order chi connectivity index (χ0) is 17.9. The van der Waals surface area contributed by atoms with Gasteiger partial charge in [-0.25, -0.2) is 0 Å². The van der Waals surface area contributed by atoms with E-state index in [-0.39, 0.29) is 9.94 Å². The fourth-order valence-corrected chi connectivity index (χ4v) is 5.92. The number of hydrogen-bond acceptors (Lipinski definition) is 6. The zero-order valence-electron chi connectivity index (χ0n) is 14.7. The van der Waals surface area contributed by atoms with Gasteiger partial charge in [-0.05, 0) is 0 Å². The van der Waals surface area contributed by atoms with E-state index < -0.39 is 50.5 Å². The summed E-state index contributed by atoms with van der Waals surface area (Å²) in [6, 6.07) is 9.75. The predicted molar refractivity (Wildman–Crippen MR) is 89.4 cm³/mol. The third-order valence-electron chi connectivity index (χ3n) is 4.43. The van der Waals surface area contributed by atoms with Gasteiger partial charge in [-0.3, -0.25) is 0 Å². The fourth-order valence-electron chi connectivity index (χ4n) is 3.48. The van der Waals surface area contributed by atoms with Gasteiger partial charge in [-0.1, -0.05) is 0 Å². The Hall–Kier alpha value is -0.520.